The Hall–Kier alpha value is -2.67. The number of anilines is 1. The van der Waals surface area contributed by atoms with Gasteiger partial charge in [-0.05, 0) is 37.3 Å². The van der Waals surface area contributed by atoms with Gasteiger partial charge in [0.2, 0.25) is 5.88 Å². The van der Waals surface area contributed by atoms with Crippen LogP contribution < -0.4 is 21.0 Å². The van der Waals surface area contributed by atoms with Gasteiger partial charge in [0.05, 0.1) is 16.8 Å². The van der Waals surface area contributed by atoms with E-state index in [2.05, 4.69) is 9.98 Å². The quantitative estimate of drug-likeness (QED) is 0.819. The molecule has 6 nitrogen and oxygen atoms in total. The third-order valence-corrected chi connectivity index (χ3v) is 3.85. The fourth-order valence-corrected chi connectivity index (χ4v) is 2.77. The Balaban J connectivity index is 2.09. The van der Waals surface area contributed by atoms with Gasteiger partial charge in [-0.3, -0.25) is 4.79 Å². The normalized spacial score (nSPS) is 15.1. The first-order valence-corrected chi connectivity index (χ1v) is 7.43. The van der Waals surface area contributed by atoms with Gasteiger partial charge in [-0.15, -0.1) is 0 Å². The molecule has 3 N–H and O–H groups in total. The molecule has 0 aliphatic carbocycles. The van der Waals surface area contributed by atoms with E-state index in [-0.39, 0.29) is 16.9 Å². The largest absolute Gasteiger partial charge is 0.494 e. The highest BCUT2D eigenvalue weighted by Gasteiger charge is 2.14. The second kappa shape index (κ2) is 5.61. The van der Waals surface area contributed by atoms with Crippen LogP contribution in [0.4, 0.5) is 5.13 Å². The van der Waals surface area contributed by atoms with Crippen molar-refractivity contribution in [1.29, 1.82) is 0 Å². The van der Waals surface area contributed by atoms with Gasteiger partial charge in [-0.25, -0.2) is 4.99 Å². The molecule has 1 amide bonds. The third kappa shape index (κ3) is 2.71. The molecule has 0 saturated heterocycles. The van der Waals surface area contributed by atoms with E-state index < -0.39 is 0 Å². The Kier molecular flexibility index (Phi) is 3.64. The fourth-order valence-electron chi connectivity index (χ4n) is 2.09. The number of thiazole rings is 1. The van der Waals surface area contributed by atoms with Crippen molar-refractivity contribution < 1.29 is 14.6 Å². The highest BCUT2D eigenvalue weighted by molar-refractivity contribution is 7.16. The first-order valence-electron chi connectivity index (χ1n) is 6.61. The highest BCUT2D eigenvalue weighted by Crippen LogP contribution is 2.28. The lowest BCUT2D eigenvalue weighted by molar-refractivity contribution is -0.114. The van der Waals surface area contributed by atoms with Gasteiger partial charge in [0.25, 0.3) is 5.91 Å². The summed E-state index contributed by atoms with van der Waals surface area (Å²) in [7, 11) is 0. The van der Waals surface area contributed by atoms with Crippen LogP contribution in [0, 0.1) is 0 Å². The summed E-state index contributed by atoms with van der Waals surface area (Å²) in [4.78, 5) is 20.2. The van der Waals surface area contributed by atoms with E-state index in [1.807, 2.05) is 13.0 Å². The summed E-state index contributed by atoms with van der Waals surface area (Å²) in [6.45, 7) is 2.46. The zero-order valence-electron chi connectivity index (χ0n) is 11.7. The van der Waals surface area contributed by atoms with Gasteiger partial charge in [0.15, 0.2) is 5.13 Å². The second-order valence-electron chi connectivity index (χ2n) is 4.55. The molecule has 112 valence electrons. The molecule has 7 heteroatoms. The van der Waals surface area contributed by atoms with E-state index in [1.165, 1.54) is 6.08 Å². The first kappa shape index (κ1) is 14.3. The molecule has 0 bridgehead atoms. The Morgan fingerprint density at radius 3 is 2.95 bits per heavy atom. The van der Waals surface area contributed by atoms with Gasteiger partial charge in [-0.1, -0.05) is 11.3 Å². The molecule has 1 aromatic heterocycles. The number of carbonyl (C=O) groups is 1. The maximum Gasteiger partial charge on any atom is 0.277 e. The number of rotatable bonds is 3. The number of ether oxygens (including phenoxy) is 1. The van der Waals surface area contributed by atoms with Crippen LogP contribution in [0.15, 0.2) is 28.8 Å². The van der Waals surface area contributed by atoms with Gasteiger partial charge in [0.1, 0.15) is 5.75 Å². The molecule has 22 heavy (non-hydrogen) atoms. The lowest BCUT2D eigenvalue weighted by atomic mass is 10.1. The van der Waals surface area contributed by atoms with E-state index in [9.17, 15) is 9.90 Å². The summed E-state index contributed by atoms with van der Waals surface area (Å²) >= 11 is 1.10. The lowest BCUT2D eigenvalue weighted by Crippen LogP contribution is -2.30. The zero-order chi connectivity index (χ0) is 15.7. The predicted octanol–water partition coefficient (Wildman–Crippen LogP) is 0.853. The van der Waals surface area contributed by atoms with E-state index >= 15 is 0 Å². The molecule has 0 saturated carbocycles. The lowest BCUT2D eigenvalue weighted by Gasteiger charge is -2.06. The molecule has 0 radical (unpaired) electrons. The van der Waals surface area contributed by atoms with Gasteiger partial charge < -0.3 is 15.6 Å². The molecule has 1 aliphatic heterocycles. The summed E-state index contributed by atoms with van der Waals surface area (Å²) in [6, 6.07) is 5.34. The van der Waals surface area contributed by atoms with Crippen molar-refractivity contribution >= 4 is 34.5 Å². The zero-order valence-corrected chi connectivity index (χ0v) is 12.6. The molecule has 3 rings (SSSR count). The van der Waals surface area contributed by atoms with Crippen molar-refractivity contribution in [3.63, 3.8) is 0 Å². The minimum Gasteiger partial charge on any atom is -0.494 e. The number of amides is 1. The number of hydrogen-bond donors (Lipinski definition) is 2. The van der Waals surface area contributed by atoms with Crippen LogP contribution >= 0.6 is 11.3 Å². The van der Waals surface area contributed by atoms with Crippen molar-refractivity contribution in [2.75, 3.05) is 12.3 Å². The Bertz CT molecular complexity index is 899. The Morgan fingerprint density at radius 1 is 1.45 bits per heavy atom. The molecule has 0 atom stereocenters. The SMILES string of the molecule is CCOc1ccc2c(c1)=CC(=Cc1sc(N)nc1O)C(=O)N=2. The van der Waals surface area contributed by atoms with Crippen LogP contribution in [-0.4, -0.2) is 22.6 Å². The first-order chi connectivity index (χ1) is 10.6. The van der Waals surface area contributed by atoms with Gasteiger partial charge in [-0.2, -0.15) is 4.98 Å². The summed E-state index contributed by atoms with van der Waals surface area (Å²) in [5, 5.41) is 11.3. The number of carbonyl (C=O) groups excluding carboxylic acids is 1. The number of nitrogen functional groups attached to an aromatic ring is 1. The van der Waals surface area contributed by atoms with Crippen molar-refractivity contribution in [2.45, 2.75) is 6.92 Å². The average Bonchev–Trinajstić information content (AvgIpc) is 2.78. The molecule has 1 aromatic carbocycles. The van der Waals surface area contributed by atoms with Crippen molar-refractivity contribution in [3.05, 3.63) is 39.2 Å². The molecular formula is C15H13N3O3S. The number of nitrogens with two attached hydrogens (primary N) is 1. The summed E-state index contributed by atoms with van der Waals surface area (Å²) < 4.78 is 5.44. The van der Waals surface area contributed by atoms with Gasteiger partial charge >= 0.3 is 0 Å². The number of hydrogen-bond acceptors (Lipinski definition) is 6. The second-order valence-corrected chi connectivity index (χ2v) is 5.62. The number of aromatic hydroxyl groups is 1. The molecule has 2 aromatic rings. The third-order valence-electron chi connectivity index (χ3n) is 3.03. The molecule has 0 unspecified atom stereocenters. The molecule has 2 heterocycles. The summed E-state index contributed by atoms with van der Waals surface area (Å²) in [5.41, 5.74) is 5.89. The van der Waals surface area contributed by atoms with Crippen LogP contribution in [0.2, 0.25) is 0 Å². The van der Waals surface area contributed by atoms with E-state index in [1.54, 1.807) is 18.2 Å². The number of fused-ring (bicyclic) bond motifs is 1. The average molecular weight is 315 g/mol. The summed E-state index contributed by atoms with van der Waals surface area (Å²) in [5.74, 6) is 0.152. The van der Waals surface area contributed by atoms with Crippen LogP contribution in [0.5, 0.6) is 11.6 Å². The van der Waals surface area contributed by atoms with Gasteiger partial charge in [0, 0.05) is 10.8 Å². The van der Waals surface area contributed by atoms with E-state index in [4.69, 9.17) is 10.5 Å². The monoisotopic (exact) mass is 315 g/mol. The smallest absolute Gasteiger partial charge is 0.277 e. The van der Waals surface area contributed by atoms with Crippen molar-refractivity contribution in [1.82, 2.24) is 4.98 Å². The van der Waals surface area contributed by atoms with Crippen LogP contribution in [0.1, 0.15) is 11.8 Å². The Morgan fingerprint density at radius 2 is 2.27 bits per heavy atom. The molecule has 0 fully saturated rings. The minimum absolute atomic E-state index is 0.190. The fraction of sp³-hybridized carbons (Fsp3) is 0.133. The minimum atomic E-state index is -0.372. The van der Waals surface area contributed by atoms with Crippen molar-refractivity contribution in [3.8, 4) is 11.6 Å². The number of benzene rings is 1. The van der Waals surface area contributed by atoms with Crippen LogP contribution in [-0.2, 0) is 4.79 Å². The number of nitrogens with zero attached hydrogens (tertiary/aromatic N) is 2. The standard InChI is InChI=1S/C15H13N3O3S/c1-2-21-10-3-4-11-8(6-10)5-9(13(19)17-11)7-12-14(20)18-15(16)22-12/h3-7,20H,2H2,1H3,(H2,16,18). The molecule has 1 aliphatic rings. The number of aromatic nitrogens is 1. The maximum absolute atomic E-state index is 12.1. The molecular weight excluding hydrogens is 302 g/mol. The molecule has 0 spiro atoms. The van der Waals surface area contributed by atoms with E-state index in [0.29, 0.717) is 28.2 Å². The van der Waals surface area contributed by atoms with Crippen LogP contribution in [0.25, 0.3) is 12.2 Å². The van der Waals surface area contributed by atoms with Crippen LogP contribution in [0.3, 0.4) is 0 Å². The Labute approximate surface area is 129 Å². The highest BCUT2D eigenvalue weighted by atomic mass is 32.1. The summed E-state index contributed by atoms with van der Waals surface area (Å²) in [6.07, 6.45) is 3.24. The topological polar surface area (TPSA) is 97.8 Å². The van der Waals surface area contributed by atoms with Crippen molar-refractivity contribution in [2.24, 2.45) is 4.99 Å². The predicted molar refractivity (Wildman–Crippen MR) is 84.0 cm³/mol. The maximum atomic E-state index is 12.1. The van der Waals surface area contributed by atoms with E-state index in [0.717, 1.165) is 16.6 Å².